The largest absolute Gasteiger partial charge is 0.321 e. The van der Waals surface area contributed by atoms with E-state index in [1.807, 2.05) is 50.2 Å². The molecule has 2 aromatic carbocycles. The molecule has 33 heavy (non-hydrogen) atoms. The van der Waals surface area contributed by atoms with Gasteiger partial charge in [-0.1, -0.05) is 36.4 Å². The average Bonchev–Trinajstić information content (AvgIpc) is 3.13. The fourth-order valence-corrected chi connectivity index (χ4v) is 4.43. The summed E-state index contributed by atoms with van der Waals surface area (Å²) in [6.07, 6.45) is 5.01. The maximum Gasteiger partial charge on any atom is 0.273 e. The summed E-state index contributed by atoms with van der Waals surface area (Å²) >= 11 is 1.10. The number of nitriles is 1. The number of aromatic nitrogens is 2. The molecule has 0 fully saturated rings. The highest BCUT2D eigenvalue weighted by Gasteiger charge is 2.18. The number of carbonyl (C=O) groups is 1. The van der Waals surface area contributed by atoms with Gasteiger partial charge in [0.1, 0.15) is 10.7 Å². The van der Waals surface area contributed by atoms with E-state index >= 15 is 0 Å². The van der Waals surface area contributed by atoms with Gasteiger partial charge in [0.25, 0.3) is 11.5 Å². The molecule has 162 valence electrons. The minimum absolute atomic E-state index is 0.132. The molecule has 6 nitrogen and oxygen atoms in total. The van der Waals surface area contributed by atoms with E-state index in [1.165, 1.54) is 4.57 Å². The molecule has 1 N–H and O–H groups in total. The van der Waals surface area contributed by atoms with Gasteiger partial charge >= 0.3 is 0 Å². The van der Waals surface area contributed by atoms with E-state index in [-0.39, 0.29) is 15.8 Å². The van der Waals surface area contributed by atoms with Gasteiger partial charge in [0.05, 0.1) is 10.2 Å². The smallest absolute Gasteiger partial charge is 0.273 e. The first-order valence-corrected chi connectivity index (χ1v) is 11.0. The summed E-state index contributed by atoms with van der Waals surface area (Å²) in [6.45, 7) is 3.81. The summed E-state index contributed by atoms with van der Waals surface area (Å²) in [5, 5.41) is 12.8. The zero-order chi connectivity index (χ0) is 23.4. The number of nitrogens with zero attached hydrogens (tertiary/aromatic N) is 3. The van der Waals surface area contributed by atoms with Crippen molar-refractivity contribution in [2.45, 2.75) is 13.8 Å². The first-order valence-electron chi connectivity index (χ1n) is 10.2. The lowest BCUT2D eigenvalue weighted by atomic mass is 10.1. The molecule has 4 rings (SSSR count). The summed E-state index contributed by atoms with van der Waals surface area (Å²) in [6, 6.07) is 20.3. The van der Waals surface area contributed by atoms with E-state index in [9.17, 15) is 14.9 Å². The van der Waals surface area contributed by atoms with Crippen LogP contribution in [-0.2, 0) is 4.79 Å². The fourth-order valence-electron chi connectivity index (χ4n) is 3.33. The van der Waals surface area contributed by atoms with E-state index in [4.69, 9.17) is 0 Å². The highest BCUT2D eigenvalue weighted by molar-refractivity contribution is 7.07. The molecule has 0 saturated heterocycles. The van der Waals surface area contributed by atoms with Gasteiger partial charge in [-0.15, -0.1) is 11.3 Å². The Bertz CT molecular complexity index is 1550. The number of nitrogens with one attached hydrogen (secondary N) is 1. The molecule has 0 radical (unpaired) electrons. The molecule has 7 heteroatoms. The third-order valence-electron chi connectivity index (χ3n) is 5.01. The Kier molecular flexibility index (Phi) is 6.29. The highest BCUT2D eigenvalue weighted by Crippen LogP contribution is 2.17. The predicted octanol–water partition coefficient (Wildman–Crippen LogP) is 3.05. The Hall–Kier alpha value is -4.28. The molecule has 0 saturated carbocycles. The van der Waals surface area contributed by atoms with Crippen LogP contribution in [0.5, 0.6) is 0 Å². The normalized spacial score (nSPS) is 12.2. The number of anilines is 1. The van der Waals surface area contributed by atoms with Gasteiger partial charge in [-0.3, -0.25) is 19.1 Å². The standard InChI is InChI=1S/C26H20N4O2S/c1-17-10-11-18(2)22(13-17)29-24(31)21(15-27)26-30(20-8-4-3-5-9-20)25(32)23(33-26)14-19-7-6-12-28-16-19/h3-14,16H,1-2H3,(H,29,31). The van der Waals surface area contributed by atoms with Crippen LogP contribution in [0, 0.1) is 25.2 Å². The summed E-state index contributed by atoms with van der Waals surface area (Å²) in [5.41, 5.74) is 3.38. The number of pyridine rings is 1. The first kappa shape index (κ1) is 21.9. The molecule has 2 heterocycles. The number of amides is 1. The topological polar surface area (TPSA) is 87.8 Å². The van der Waals surface area contributed by atoms with Crippen LogP contribution < -0.4 is 20.1 Å². The first-order chi connectivity index (χ1) is 16.0. The van der Waals surface area contributed by atoms with Gasteiger partial charge in [-0.25, -0.2) is 0 Å². The molecular formula is C26H20N4O2S. The van der Waals surface area contributed by atoms with Gasteiger partial charge in [-0.05, 0) is 60.9 Å². The quantitative estimate of drug-likeness (QED) is 0.516. The van der Waals surface area contributed by atoms with Gasteiger partial charge in [0.15, 0.2) is 5.57 Å². The Labute approximate surface area is 194 Å². The lowest BCUT2D eigenvalue weighted by Crippen LogP contribution is -2.32. The van der Waals surface area contributed by atoms with Crippen LogP contribution in [0.4, 0.5) is 5.69 Å². The van der Waals surface area contributed by atoms with Crippen LogP contribution in [0.1, 0.15) is 16.7 Å². The van der Waals surface area contributed by atoms with E-state index in [0.29, 0.717) is 15.9 Å². The van der Waals surface area contributed by atoms with Crippen molar-refractivity contribution in [3.63, 3.8) is 0 Å². The molecule has 4 aromatic rings. The van der Waals surface area contributed by atoms with Gasteiger partial charge in [-0.2, -0.15) is 5.26 Å². The monoisotopic (exact) mass is 452 g/mol. The molecule has 0 aliphatic heterocycles. The van der Waals surface area contributed by atoms with Gasteiger partial charge in [0, 0.05) is 18.1 Å². The zero-order valence-corrected chi connectivity index (χ0v) is 18.9. The number of aryl methyl sites for hydroxylation is 2. The summed E-state index contributed by atoms with van der Waals surface area (Å²) < 4.78 is 2.08. The molecule has 0 aliphatic rings. The predicted molar refractivity (Wildman–Crippen MR) is 131 cm³/mol. The lowest BCUT2D eigenvalue weighted by Gasteiger charge is -2.09. The van der Waals surface area contributed by atoms with E-state index in [1.54, 1.807) is 48.8 Å². The van der Waals surface area contributed by atoms with Crippen molar-refractivity contribution in [3.8, 4) is 11.8 Å². The Morgan fingerprint density at radius 3 is 2.61 bits per heavy atom. The van der Waals surface area contributed by atoms with Crippen molar-refractivity contribution >= 4 is 34.6 Å². The number of hydrogen-bond acceptors (Lipinski definition) is 5. The number of rotatable bonds is 4. The average molecular weight is 453 g/mol. The second kappa shape index (κ2) is 9.47. The molecule has 0 aliphatic carbocycles. The van der Waals surface area contributed by atoms with Gasteiger partial charge < -0.3 is 5.32 Å². The van der Waals surface area contributed by atoms with Crippen LogP contribution in [0.15, 0.2) is 77.9 Å². The van der Waals surface area contributed by atoms with Gasteiger partial charge in [0.2, 0.25) is 0 Å². The number of carbonyl (C=O) groups excluding carboxylic acids is 1. The molecule has 0 unspecified atom stereocenters. The number of hydrogen-bond donors (Lipinski definition) is 1. The van der Waals surface area contributed by atoms with Crippen LogP contribution in [-0.4, -0.2) is 15.5 Å². The Morgan fingerprint density at radius 2 is 1.91 bits per heavy atom. The number of para-hydroxylation sites is 1. The van der Waals surface area contributed by atoms with Crippen molar-refractivity contribution in [2.75, 3.05) is 5.32 Å². The van der Waals surface area contributed by atoms with Crippen LogP contribution in [0.3, 0.4) is 0 Å². The molecule has 1 amide bonds. The SMILES string of the molecule is Cc1ccc(C)c(NC(=O)C(C#N)=c2sc(=Cc3cccnc3)c(=O)n2-c2ccccc2)c1. The van der Waals surface area contributed by atoms with E-state index in [0.717, 1.165) is 28.0 Å². The molecular weight excluding hydrogens is 432 g/mol. The van der Waals surface area contributed by atoms with E-state index < -0.39 is 5.91 Å². The highest BCUT2D eigenvalue weighted by atomic mass is 32.1. The van der Waals surface area contributed by atoms with Crippen LogP contribution in [0.2, 0.25) is 0 Å². The molecule has 2 aromatic heterocycles. The Balaban J connectivity index is 1.95. The van der Waals surface area contributed by atoms with Crippen molar-refractivity contribution in [1.29, 1.82) is 5.26 Å². The maximum absolute atomic E-state index is 13.4. The third kappa shape index (κ3) is 4.66. The molecule has 0 bridgehead atoms. The van der Waals surface area contributed by atoms with Crippen LogP contribution >= 0.6 is 11.3 Å². The molecule has 0 atom stereocenters. The third-order valence-corrected chi connectivity index (χ3v) is 6.11. The summed E-state index contributed by atoms with van der Waals surface area (Å²) in [7, 11) is 0. The fraction of sp³-hybridized carbons (Fsp3) is 0.0769. The minimum atomic E-state index is -0.565. The summed E-state index contributed by atoms with van der Waals surface area (Å²) in [4.78, 5) is 30.6. The summed E-state index contributed by atoms with van der Waals surface area (Å²) in [5.74, 6) is -0.565. The van der Waals surface area contributed by atoms with E-state index in [2.05, 4.69) is 10.3 Å². The zero-order valence-electron chi connectivity index (χ0n) is 18.1. The number of thiazole rings is 1. The van der Waals surface area contributed by atoms with Crippen molar-refractivity contribution in [1.82, 2.24) is 9.55 Å². The second-order valence-electron chi connectivity index (χ2n) is 7.44. The van der Waals surface area contributed by atoms with Crippen LogP contribution in [0.25, 0.3) is 17.3 Å². The molecule has 0 spiro atoms. The van der Waals surface area contributed by atoms with Crippen molar-refractivity contribution in [3.05, 3.63) is 109 Å². The minimum Gasteiger partial charge on any atom is -0.321 e. The van der Waals surface area contributed by atoms with Crippen molar-refractivity contribution < 1.29 is 4.79 Å². The lowest BCUT2D eigenvalue weighted by molar-refractivity contribution is -0.111. The maximum atomic E-state index is 13.4. The number of benzene rings is 2. The van der Waals surface area contributed by atoms with Crippen molar-refractivity contribution in [2.24, 2.45) is 0 Å². The second-order valence-corrected chi connectivity index (χ2v) is 8.47. The Morgan fingerprint density at radius 1 is 1.12 bits per heavy atom.